The number of rotatable bonds is 6. The Labute approximate surface area is 113 Å². The van der Waals surface area contributed by atoms with Crippen molar-refractivity contribution in [3.05, 3.63) is 0 Å². The van der Waals surface area contributed by atoms with Gasteiger partial charge in [-0.2, -0.15) is 0 Å². The van der Waals surface area contributed by atoms with E-state index in [2.05, 4.69) is 22.2 Å². The topological polar surface area (TPSA) is 18.5 Å². The summed E-state index contributed by atoms with van der Waals surface area (Å²) in [6.07, 6.45) is 9.83. The predicted octanol–water partition coefficient (Wildman–Crippen LogP) is 1.94. The minimum absolute atomic E-state index is 0.685. The van der Waals surface area contributed by atoms with Gasteiger partial charge in [0.2, 0.25) is 0 Å². The third-order valence-corrected chi connectivity index (χ3v) is 4.58. The summed E-state index contributed by atoms with van der Waals surface area (Å²) in [5.74, 6) is 0. The van der Waals surface area contributed by atoms with Crippen LogP contribution in [0.5, 0.6) is 0 Å². The molecular formula is C15H31N3. The van der Waals surface area contributed by atoms with Crippen molar-refractivity contribution in [2.75, 3.05) is 46.3 Å². The number of likely N-dealkylation sites (tertiary alicyclic amines) is 2. The molecule has 2 heterocycles. The van der Waals surface area contributed by atoms with Crippen LogP contribution < -0.4 is 5.32 Å². The lowest BCUT2D eigenvalue weighted by molar-refractivity contribution is 0.182. The average Bonchev–Trinajstić information content (AvgIpc) is 2.45. The van der Waals surface area contributed by atoms with Crippen molar-refractivity contribution >= 4 is 0 Å². The van der Waals surface area contributed by atoms with Crippen LogP contribution in [0.3, 0.4) is 0 Å². The molecule has 0 aromatic heterocycles. The molecule has 2 aliphatic rings. The quantitative estimate of drug-likeness (QED) is 0.780. The first-order valence-corrected chi connectivity index (χ1v) is 8.00. The normalized spacial score (nSPS) is 25.2. The Morgan fingerprint density at radius 2 is 1.39 bits per heavy atom. The van der Waals surface area contributed by atoms with Gasteiger partial charge in [0.15, 0.2) is 0 Å². The highest BCUT2D eigenvalue weighted by Crippen LogP contribution is 2.12. The van der Waals surface area contributed by atoms with E-state index in [4.69, 9.17) is 0 Å². The summed E-state index contributed by atoms with van der Waals surface area (Å²) in [7, 11) is 2.13. The number of nitrogens with zero attached hydrogens (tertiary/aromatic N) is 2. The molecule has 18 heavy (non-hydrogen) atoms. The van der Waals surface area contributed by atoms with Crippen LogP contribution in [0.15, 0.2) is 0 Å². The number of likely N-dealkylation sites (N-methyl/N-ethyl adjacent to an activating group) is 1. The molecule has 1 atom stereocenters. The summed E-state index contributed by atoms with van der Waals surface area (Å²) in [6.45, 7) is 7.85. The van der Waals surface area contributed by atoms with Gasteiger partial charge >= 0.3 is 0 Å². The SMILES string of the molecule is CN[C@@H](CCN1CCCCC1)CN1CCCCC1. The number of nitrogens with one attached hydrogen (secondary N) is 1. The van der Waals surface area contributed by atoms with E-state index in [1.165, 1.54) is 84.2 Å². The summed E-state index contributed by atoms with van der Waals surface area (Å²) in [5, 5.41) is 3.52. The van der Waals surface area contributed by atoms with E-state index < -0.39 is 0 Å². The molecule has 106 valence electrons. The fourth-order valence-electron chi connectivity index (χ4n) is 3.30. The molecule has 2 fully saturated rings. The van der Waals surface area contributed by atoms with Crippen LogP contribution in [0.1, 0.15) is 44.9 Å². The summed E-state index contributed by atoms with van der Waals surface area (Å²) in [6, 6.07) is 0.685. The van der Waals surface area contributed by atoms with Gasteiger partial charge in [-0.05, 0) is 71.9 Å². The van der Waals surface area contributed by atoms with Crippen LogP contribution in [0.4, 0.5) is 0 Å². The third-order valence-electron chi connectivity index (χ3n) is 4.58. The van der Waals surface area contributed by atoms with Crippen LogP contribution in [-0.4, -0.2) is 62.2 Å². The van der Waals surface area contributed by atoms with Crippen LogP contribution in [0.25, 0.3) is 0 Å². The van der Waals surface area contributed by atoms with Crippen molar-refractivity contribution in [1.29, 1.82) is 0 Å². The monoisotopic (exact) mass is 253 g/mol. The van der Waals surface area contributed by atoms with E-state index in [9.17, 15) is 0 Å². The molecule has 0 bridgehead atoms. The first-order chi connectivity index (χ1) is 8.88. The predicted molar refractivity (Wildman–Crippen MR) is 78.0 cm³/mol. The maximum absolute atomic E-state index is 3.52. The lowest BCUT2D eigenvalue weighted by atomic mass is 10.1. The van der Waals surface area contributed by atoms with Gasteiger partial charge in [0.1, 0.15) is 0 Å². The standard InChI is InChI=1S/C15H31N3/c1-16-15(14-18-11-6-3-7-12-18)8-13-17-9-4-2-5-10-17/h15-16H,2-14H2,1H3/t15-/m0/s1. The van der Waals surface area contributed by atoms with E-state index in [0.717, 1.165) is 0 Å². The summed E-state index contributed by atoms with van der Waals surface area (Å²) in [4.78, 5) is 5.31. The highest BCUT2D eigenvalue weighted by Gasteiger charge is 2.17. The number of piperidine rings is 2. The zero-order chi connectivity index (χ0) is 12.6. The van der Waals surface area contributed by atoms with Crippen LogP contribution in [0.2, 0.25) is 0 Å². The van der Waals surface area contributed by atoms with Gasteiger partial charge in [0, 0.05) is 12.6 Å². The van der Waals surface area contributed by atoms with Gasteiger partial charge in [0.25, 0.3) is 0 Å². The van der Waals surface area contributed by atoms with Crippen molar-refractivity contribution in [3.8, 4) is 0 Å². The average molecular weight is 253 g/mol. The Morgan fingerprint density at radius 3 is 1.94 bits per heavy atom. The largest absolute Gasteiger partial charge is 0.316 e. The van der Waals surface area contributed by atoms with E-state index in [1.54, 1.807) is 0 Å². The van der Waals surface area contributed by atoms with E-state index >= 15 is 0 Å². The first-order valence-electron chi connectivity index (χ1n) is 8.00. The third kappa shape index (κ3) is 4.87. The van der Waals surface area contributed by atoms with Crippen LogP contribution in [-0.2, 0) is 0 Å². The molecule has 0 radical (unpaired) electrons. The summed E-state index contributed by atoms with van der Waals surface area (Å²) < 4.78 is 0. The molecule has 0 unspecified atom stereocenters. The molecule has 2 rings (SSSR count). The molecule has 0 aromatic carbocycles. The second kappa shape index (κ2) is 8.13. The maximum Gasteiger partial charge on any atom is 0.0204 e. The second-order valence-electron chi connectivity index (χ2n) is 6.04. The molecular weight excluding hydrogens is 222 g/mol. The molecule has 0 saturated carbocycles. The lowest BCUT2D eigenvalue weighted by Gasteiger charge is -2.32. The Hall–Kier alpha value is -0.120. The highest BCUT2D eigenvalue weighted by molar-refractivity contribution is 4.75. The van der Waals surface area contributed by atoms with Crippen molar-refractivity contribution < 1.29 is 0 Å². The van der Waals surface area contributed by atoms with E-state index in [-0.39, 0.29) is 0 Å². The molecule has 0 aliphatic carbocycles. The smallest absolute Gasteiger partial charge is 0.0204 e. The van der Waals surface area contributed by atoms with Crippen LogP contribution >= 0.6 is 0 Å². The zero-order valence-electron chi connectivity index (χ0n) is 12.2. The number of hydrogen-bond acceptors (Lipinski definition) is 3. The summed E-state index contributed by atoms with van der Waals surface area (Å²) in [5.41, 5.74) is 0. The van der Waals surface area contributed by atoms with Gasteiger partial charge in [-0.15, -0.1) is 0 Å². The van der Waals surface area contributed by atoms with Gasteiger partial charge in [-0.3, -0.25) is 0 Å². The minimum atomic E-state index is 0.685. The second-order valence-corrected chi connectivity index (χ2v) is 6.04. The molecule has 2 aliphatic heterocycles. The maximum atomic E-state index is 3.52. The molecule has 3 heteroatoms. The first kappa shape index (κ1) is 14.3. The highest BCUT2D eigenvalue weighted by atomic mass is 15.2. The van der Waals surface area contributed by atoms with Gasteiger partial charge < -0.3 is 15.1 Å². The fraction of sp³-hybridized carbons (Fsp3) is 1.00. The van der Waals surface area contributed by atoms with E-state index in [0.29, 0.717) is 6.04 Å². The van der Waals surface area contributed by atoms with Crippen molar-refractivity contribution in [1.82, 2.24) is 15.1 Å². The Morgan fingerprint density at radius 1 is 0.833 bits per heavy atom. The molecule has 2 saturated heterocycles. The zero-order valence-corrected chi connectivity index (χ0v) is 12.2. The van der Waals surface area contributed by atoms with Gasteiger partial charge in [0.05, 0.1) is 0 Å². The van der Waals surface area contributed by atoms with Crippen molar-refractivity contribution in [2.24, 2.45) is 0 Å². The van der Waals surface area contributed by atoms with Crippen molar-refractivity contribution in [3.63, 3.8) is 0 Å². The van der Waals surface area contributed by atoms with Gasteiger partial charge in [-0.25, -0.2) is 0 Å². The molecule has 0 amide bonds. The molecule has 0 aromatic rings. The lowest BCUT2D eigenvalue weighted by Crippen LogP contribution is -2.44. The van der Waals surface area contributed by atoms with Crippen molar-refractivity contribution in [2.45, 2.75) is 51.0 Å². The van der Waals surface area contributed by atoms with E-state index in [1.807, 2.05) is 0 Å². The van der Waals surface area contributed by atoms with Gasteiger partial charge in [-0.1, -0.05) is 12.8 Å². The van der Waals surface area contributed by atoms with Crippen LogP contribution in [0, 0.1) is 0 Å². The summed E-state index contributed by atoms with van der Waals surface area (Å²) >= 11 is 0. The Bertz CT molecular complexity index is 208. The Balaban J connectivity index is 1.64. The number of hydrogen-bond donors (Lipinski definition) is 1. The molecule has 1 N–H and O–H groups in total. The molecule has 3 nitrogen and oxygen atoms in total. The fourth-order valence-corrected chi connectivity index (χ4v) is 3.30. The Kier molecular flexibility index (Phi) is 6.46. The minimum Gasteiger partial charge on any atom is -0.316 e. The molecule has 0 spiro atoms.